The summed E-state index contributed by atoms with van der Waals surface area (Å²) >= 11 is 0. The summed E-state index contributed by atoms with van der Waals surface area (Å²) in [4.78, 5) is 25.7. The molecule has 23 heavy (non-hydrogen) atoms. The van der Waals surface area contributed by atoms with E-state index in [2.05, 4.69) is 10.6 Å². The number of aliphatic hydroxyl groups excluding tert-OH is 1. The molecule has 3 N–H and O–H groups in total. The minimum absolute atomic E-state index is 0.115. The largest absolute Gasteiger partial charge is 0.391 e. The van der Waals surface area contributed by atoms with Gasteiger partial charge in [0.15, 0.2) is 0 Å². The van der Waals surface area contributed by atoms with Crippen molar-refractivity contribution in [1.82, 2.24) is 10.2 Å². The standard InChI is InChI=1S/C17H25N3O3/c1-12(2)10-18-16(22)13-5-7-14(8-6-13)19-17(23)20-9-3-4-15(21)11-20/h5-8,12,15,21H,3-4,9-11H2,1-2H3,(H,18,22)(H,19,23). The molecule has 1 heterocycles. The van der Waals surface area contributed by atoms with E-state index in [-0.39, 0.29) is 11.9 Å². The van der Waals surface area contributed by atoms with Gasteiger partial charge in [-0.05, 0) is 43.0 Å². The lowest BCUT2D eigenvalue weighted by Gasteiger charge is -2.30. The van der Waals surface area contributed by atoms with Crippen LogP contribution in [0.3, 0.4) is 0 Å². The predicted octanol–water partition coefficient (Wildman–Crippen LogP) is 2.06. The van der Waals surface area contributed by atoms with Crippen LogP contribution >= 0.6 is 0 Å². The number of amides is 3. The number of hydrogen-bond donors (Lipinski definition) is 3. The van der Waals surface area contributed by atoms with Gasteiger partial charge in [0.05, 0.1) is 6.10 Å². The van der Waals surface area contributed by atoms with Crippen molar-refractivity contribution >= 4 is 17.6 Å². The van der Waals surface area contributed by atoms with E-state index < -0.39 is 6.10 Å². The predicted molar refractivity (Wildman–Crippen MR) is 89.4 cm³/mol. The number of aliphatic hydroxyl groups is 1. The number of urea groups is 1. The second-order valence-corrected chi connectivity index (χ2v) is 6.35. The molecule has 0 aromatic heterocycles. The highest BCUT2D eigenvalue weighted by molar-refractivity contribution is 5.95. The van der Waals surface area contributed by atoms with Crippen LogP contribution < -0.4 is 10.6 Å². The molecule has 0 radical (unpaired) electrons. The van der Waals surface area contributed by atoms with Crippen LogP contribution in [0.15, 0.2) is 24.3 Å². The molecule has 1 unspecified atom stereocenters. The molecule has 6 nitrogen and oxygen atoms in total. The Kier molecular flexibility index (Phi) is 5.98. The maximum absolute atomic E-state index is 12.1. The van der Waals surface area contributed by atoms with Crippen molar-refractivity contribution in [2.45, 2.75) is 32.8 Å². The van der Waals surface area contributed by atoms with Crippen molar-refractivity contribution in [3.05, 3.63) is 29.8 Å². The summed E-state index contributed by atoms with van der Waals surface area (Å²) in [5.41, 5.74) is 1.20. The Hall–Kier alpha value is -2.08. The first kappa shape index (κ1) is 17.3. The molecule has 1 aliphatic heterocycles. The van der Waals surface area contributed by atoms with Gasteiger partial charge in [-0.15, -0.1) is 0 Å². The quantitative estimate of drug-likeness (QED) is 0.794. The van der Waals surface area contributed by atoms with E-state index in [0.29, 0.717) is 36.8 Å². The van der Waals surface area contributed by atoms with Crippen molar-refractivity contribution in [3.63, 3.8) is 0 Å². The number of carbonyl (C=O) groups excluding carboxylic acids is 2. The molecule has 6 heteroatoms. The lowest BCUT2D eigenvalue weighted by Crippen LogP contribution is -2.44. The molecular formula is C17H25N3O3. The molecule has 1 aromatic rings. The van der Waals surface area contributed by atoms with E-state index in [1.807, 2.05) is 13.8 Å². The van der Waals surface area contributed by atoms with Crippen LogP contribution in [-0.4, -0.2) is 47.7 Å². The summed E-state index contributed by atoms with van der Waals surface area (Å²) in [5.74, 6) is 0.285. The summed E-state index contributed by atoms with van der Waals surface area (Å²) in [6, 6.07) is 6.58. The van der Waals surface area contributed by atoms with Crippen molar-refractivity contribution < 1.29 is 14.7 Å². The normalized spacial score (nSPS) is 17.9. The SMILES string of the molecule is CC(C)CNC(=O)c1ccc(NC(=O)N2CCCC(O)C2)cc1. The number of anilines is 1. The summed E-state index contributed by atoms with van der Waals surface area (Å²) in [6.07, 6.45) is 1.11. The maximum Gasteiger partial charge on any atom is 0.321 e. The molecule has 0 aliphatic carbocycles. The Labute approximate surface area is 136 Å². The van der Waals surface area contributed by atoms with E-state index in [1.54, 1.807) is 29.2 Å². The van der Waals surface area contributed by atoms with Crippen molar-refractivity contribution in [2.24, 2.45) is 5.92 Å². The zero-order valence-electron chi connectivity index (χ0n) is 13.7. The average molecular weight is 319 g/mol. The fraction of sp³-hybridized carbons (Fsp3) is 0.529. The monoisotopic (exact) mass is 319 g/mol. The Morgan fingerprint density at radius 2 is 2.00 bits per heavy atom. The first-order valence-corrected chi connectivity index (χ1v) is 8.08. The molecular weight excluding hydrogens is 294 g/mol. The molecule has 0 spiro atoms. The number of nitrogens with zero attached hydrogens (tertiary/aromatic N) is 1. The third kappa shape index (κ3) is 5.25. The van der Waals surface area contributed by atoms with E-state index in [1.165, 1.54) is 0 Å². The number of rotatable bonds is 4. The van der Waals surface area contributed by atoms with Crippen LogP contribution in [-0.2, 0) is 0 Å². The van der Waals surface area contributed by atoms with E-state index in [9.17, 15) is 14.7 Å². The lowest BCUT2D eigenvalue weighted by atomic mass is 10.1. The van der Waals surface area contributed by atoms with Gasteiger partial charge < -0.3 is 20.6 Å². The van der Waals surface area contributed by atoms with Crippen LogP contribution in [0.4, 0.5) is 10.5 Å². The Morgan fingerprint density at radius 3 is 2.61 bits per heavy atom. The second kappa shape index (κ2) is 7.97. The summed E-state index contributed by atoms with van der Waals surface area (Å²) in [6.45, 7) is 5.72. The molecule has 1 aliphatic rings. The maximum atomic E-state index is 12.1. The minimum atomic E-state index is -0.443. The summed E-state index contributed by atoms with van der Waals surface area (Å²) in [5, 5.41) is 15.3. The van der Waals surface area contributed by atoms with Gasteiger partial charge in [0, 0.05) is 30.9 Å². The third-order valence-corrected chi connectivity index (χ3v) is 3.75. The molecule has 3 amide bonds. The molecule has 2 rings (SSSR count). The first-order chi connectivity index (χ1) is 11.0. The Morgan fingerprint density at radius 1 is 1.30 bits per heavy atom. The Bertz CT molecular complexity index is 543. The lowest BCUT2D eigenvalue weighted by molar-refractivity contribution is 0.0883. The highest BCUT2D eigenvalue weighted by atomic mass is 16.3. The highest BCUT2D eigenvalue weighted by Crippen LogP contribution is 2.14. The molecule has 0 bridgehead atoms. The number of likely N-dealkylation sites (tertiary alicyclic amines) is 1. The molecule has 1 saturated heterocycles. The van der Waals surface area contributed by atoms with E-state index in [0.717, 1.165) is 12.8 Å². The average Bonchev–Trinajstić information content (AvgIpc) is 2.53. The van der Waals surface area contributed by atoms with Gasteiger partial charge in [0.25, 0.3) is 5.91 Å². The molecule has 0 saturated carbocycles. The highest BCUT2D eigenvalue weighted by Gasteiger charge is 2.22. The fourth-order valence-electron chi connectivity index (χ4n) is 2.45. The van der Waals surface area contributed by atoms with Gasteiger partial charge in [0.1, 0.15) is 0 Å². The van der Waals surface area contributed by atoms with Crippen LogP contribution in [0.5, 0.6) is 0 Å². The number of nitrogens with one attached hydrogen (secondary N) is 2. The number of benzene rings is 1. The van der Waals surface area contributed by atoms with Crippen LogP contribution in [0, 0.1) is 5.92 Å². The smallest absolute Gasteiger partial charge is 0.321 e. The van der Waals surface area contributed by atoms with Crippen molar-refractivity contribution in [2.75, 3.05) is 25.0 Å². The molecule has 1 aromatic carbocycles. The third-order valence-electron chi connectivity index (χ3n) is 3.75. The van der Waals surface area contributed by atoms with Gasteiger partial charge >= 0.3 is 6.03 Å². The van der Waals surface area contributed by atoms with Crippen molar-refractivity contribution in [3.8, 4) is 0 Å². The second-order valence-electron chi connectivity index (χ2n) is 6.35. The summed E-state index contributed by atoms with van der Waals surface area (Å²) < 4.78 is 0. The minimum Gasteiger partial charge on any atom is -0.391 e. The van der Waals surface area contributed by atoms with Crippen LogP contribution in [0.25, 0.3) is 0 Å². The number of hydrogen-bond acceptors (Lipinski definition) is 3. The van der Waals surface area contributed by atoms with Crippen molar-refractivity contribution in [1.29, 1.82) is 0 Å². The molecule has 1 fully saturated rings. The number of piperidine rings is 1. The molecule has 1 atom stereocenters. The first-order valence-electron chi connectivity index (χ1n) is 8.08. The van der Waals surface area contributed by atoms with E-state index in [4.69, 9.17) is 0 Å². The van der Waals surface area contributed by atoms with Gasteiger partial charge in [-0.2, -0.15) is 0 Å². The molecule has 126 valence electrons. The number of β-amino-alcohol motifs (C(OH)–C–C–N with tert-alkyl or cyclic N) is 1. The van der Waals surface area contributed by atoms with Gasteiger partial charge in [-0.3, -0.25) is 4.79 Å². The topological polar surface area (TPSA) is 81.7 Å². The van der Waals surface area contributed by atoms with Gasteiger partial charge in [0.2, 0.25) is 0 Å². The van der Waals surface area contributed by atoms with Crippen LogP contribution in [0.2, 0.25) is 0 Å². The fourth-order valence-corrected chi connectivity index (χ4v) is 2.45. The Balaban J connectivity index is 1.89. The van der Waals surface area contributed by atoms with Gasteiger partial charge in [-0.25, -0.2) is 4.79 Å². The van der Waals surface area contributed by atoms with Gasteiger partial charge in [-0.1, -0.05) is 13.8 Å². The zero-order valence-corrected chi connectivity index (χ0v) is 13.7. The summed E-state index contributed by atoms with van der Waals surface area (Å²) in [7, 11) is 0. The van der Waals surface area contributed by atoms with Crippen LogP contribution in [0.1, 0.15) is 37.0 Å². The number of carbonyl (C=O) groups is 2. The van der Waals surface area contributed by atoms with E-state index >= 15 is 0 Å². The zero-order chi connectivity index (χ0) is 16.8.